The molecule has 1 fully saturated rings. The minimum absolute atomic E-state index is 0.160. The Hall–Kier alpha value is -1.11. The number of hydrogen-bond acceptors (Lipinski definition) is 5. The normalized spacial score (nSPS) is 28.6. The molecule has 15 heavy (non-hydrogen) atoms. The van der Waals surface area contributed by atoms with Gasteiger partial charge >= 0.3 is 11.9 Å². The predicted molar refractivity (Wildman–Crippen MR) is 49.9 cm³/mol. The SMILES string of the molecule is COC(=O)C[C@@H]1CS(=O)(=O)C[C@H]1C(=O)O. The maximum absolute atomic E-state index is 11.2. The van der Waals surface area contributed by atoms with Gasteiger partial charge in [-0.1, -0.05) is 0 Å². The Balaban J connectivity index is 2.78. The fraction of sp³-hybridized carbons (Fsp3) is 0.750. The molecule has 0 aliphatic carbocycles. The molecular weight excluding hydrogens is 224 g/mol. The zero-order valence-corrected chi connectivity index (χ0v) is 8.99. The van der Waals surface area contributed by atoms with Crippen LogP contribution in [0, 0.1) is 11.8 Å². The number of methoxy groups -OCH3 is 1. The van der Waals surface area contributed by atoms with Gasteiger partial charge in [0.2, 0.25) is 0 Å². The highest BCUT2D eigenvalue weighted by Crippen LogP contribution is 2.28. The van der Waals surface area contributed by atoms with Gasteiger partial charge < -0.3 is 9.84 Å². The Bertz CT molecular complexity index is 371. The average Bonchev–Trinajstić information content (AvgIpc) is 2.41. The van der Waals surface area contributed by atoms with Gasteiger partial charge in [0.25, 0.3) is 0 Å². The molecule has 0 bridgehead atoms. The molecule has 86 valence electrons. The topological polar surface area (TPSA) is 97.7 Å². The highest BCUT2D eigenvalue weighted by molar-refractivity contribution is 7.91. The van der Waals surface area contributed by atoms with E-state index in [1.165, 1.54) is 7.11 Å². The summed E-state index contributed by atoms with van der Waals surface area (Å²) in [4.78, 5) is 21.7. The second kappa shape index (κ2) is 4.18. The van der Waals surface area contributed by atoms with Crippen LogP contribution in [0.2, 0.25) is 0 Å². The van der Waals surface area contributed by atoms with Crippen molar-refractivity contribution in [2.45, 2.75) is 6.42 Å². The van der Waals surface area contributed by atoms with Crippen LogP contribution in [0.15, 0.2) is 0 Å². The molecule has 0 aromatic heterocycles. The monoisotopic (exact) mass is 236 g/mol. The molecule has 1 heterocycles. The van der Waals surface area contributed by atoms with Crippen LogP contribution in [0.1, 0.15) is 6.42 Å². The quantitative estimate of drug-likeness (QED) is 0.650. The van der Waals surface area contributed by atoms with Crippen molar-refractivity contribution in [3.05, 3.63) is 0 Å². The molecule has 0 radical (unpaired) electrons. The largest absolute Gasteiger partial charge is 0.481 e. The van der Waals surface area contributed by atoms with Gasteiger partial charge in [0.15, 0.2) is 9.84 Å². The first-order valence-corrected chi connectivity index (χ1v) is 6.18. The van der Waals surface area contributed by atoms with E-state index >= 15 is 0 Å². The van der Waals surface area contributed by atoms with Crippen LogP contribution in [0.4, 0.5) is 0 Å². The van der Waals surface area contributed by atoms with Gasteiger partial charge in [-0.2, -0.15) is 0 Å². The molecule has 0 spiro atoms. The molecular formula is C8H12O6S. The number of esters is 1. The minimum atomic E-state index is -3.33. The van der Waals surface area contributed by atoms with E-state index in [0.717, 1.165) is 0 Å². The van der Waals surface area contributed by atoms with Gasteiger partial charge in [-0.3, -0.25) is 9.59 Å². The van der Waals surface area contributed by atoms with Crippen LogP contribution in [0.5, 0.6) is 0 Å². The molecule has 1 aliphatic heterocycles. The number of aliphatic carboxylic acids is 1. The average molecular weight is 236 g/mol. The number of carboxylic acid groups (broad SMARTS) is 1. The second-order valence-corrected chi connectivity index (χ2v) is 5.72. The molecule has 1 N–H and O–H groups in total. The van der Waals surface area contributed by atoms with Gasteiger partial charge in [-0.15, -0.1) is 0 Å². The molecule has 0 saturated carbocycles. The summed E-state index contributed by atoms with van der Waals surface area (Å²) in [5.41, 5.74) is 0. The summed E-state index contributed by atoms with van der Waals surface area (Å²) in [6.45, 7) is 0. The minimum Gasteiger partial charge on any atom is -0.481 e. The summed E-state index contributed by atoms with van der Waals surface area (Å²) in [6, 6.07) is 0. The summed E-state index contributed by atoms with van der Waals surface area (Å²) < 4.78 is 26.8. The highest BCUT2D eigenvalue weighted by atomic mass is 32.2. The molecule has 2 atom stereocenters. The molecule has 0 aromatic rings. The fourth-order valence-corrected chi connectivity index (χ4v) is 3.79. The van der Waals surface area contributed by atoms with Crippen molar-refractivity contribution in [3.8, 4) is 0 Å². The van der Waals surface area contributed by atoms with Gasteiger partial charge in [-0.05, 0) is 5.92 Å². The molecule has 0 unspecified atom stereocenters. The van der Waals surface area contributed by atoms with Crippen LogP contribution < -0.4 is 0 Å². The van der Waals surface area contributed by atoms with Crippen LogP contribution in [-0.4, -0.2) is 44.1 Å². The zero-order chi connectivity index (χ0) is 11.6. The van der Waals surface area contributed by atoms with Gasteiger partial charge in [0, 0.05) is 0 Å². The standard InChI is InChI=1S/C8H12O6S/c1-14-7(9)2-5-3-15(12,13)4-6(5)8(10)11/h5-6H,2-4H2,1H3,(H,10,11)/t5-,6-/m1/s1. The van der Waals surface area contributed by atoms with Crippen LogP contribution >= 0.6 is 0 Å². The molecule has 1 rings (SSSR count). The van der Waals surface area contributed by atoms with Gasteiger partial charge in [0.1, 0.15) is 0 Å². The lowest BCUT2D eigenvalue weighted by molar-refractivity contribution is -0.145. The maximum Gasteiger partial charge on any atom is 0.307 e. The molecule has 1 saturated heterocycles. The van der Waals surface area contributed by atoms with Crippen molar-refractivity contribution in [1.29, 1.82) is 0 Å². The maximum atomic E-state index is 11.2. The Labute approximate surface area is 87.1 Å². The first-order valence-electron chi connectivity index (χ1n) is 4.36. The molecule has 0 amide bonds. The third-order valence-corrected chi connectivity index (χ3v) is 4.25. The number of carbonyl (C=O) groups is 2. The van der Waals surface area contributed by atoms with E-state index in [9.17, 15) is 18.0 Å². The number of ether oxygens (including phenoxy) is 1. The van der Waals surface area contributed by atoms with E-state index in [-0.39, 0.29) is 17.9 Å². The number of rotatable bonds is 3. The third-order valence-electron chi connectivity index (χ3n) is 2.44. The second-order valence-electron chi connectivity index (χ2n) is 3.56. The summed E-state index contributed by atoms with van der Waals surface area (Å²) in [6.07, 6.45) is -0.160. The number of carbonyl (C=O) groups excluding carboxylic acids is 1. The highest BCUT2D eigenvalue weighted by Gasteiger charge is 2.42. The van der Waals surface area contributed by atoms with Crippen molar-refractivity contribution in [2.75, 3.05) is 18.6 Å². The van der Waals surface area contributed by atoms with Crippen molar-refractivity contribution < 1.29 is 27.9 Å². The lowest BCUT2D eigenvalue weighted by Gasteiger charge is -2.11. The Morgan fingerprint density at radius 3 is 2.47 bits per heavy atom. The van der Waals surface area contributed by atoms with Gasteiger partial charge in [0.05, 0.1) is 31.0 Å². The predicted octanol–water partition coefficient (Wildman–Crippen LogP) is -0.705. The van der Waals surface area contributed by atoms with Gasteiger partial charge in [-0.25, -0.2) is 8.42 Å². The van der Waals surface area contributed by atoms with Crippen LogP contribution in [-0.2, 0) is 24.2 Å². The third kappa shape index (κ3) is 2.92. The van der Waals surface area contributed by atoms with Crippen LogP contribution in [0.3, 0.4) is 0 Å². The van der Waals surface area contributed by atoms with E-state index in [2.05, 4.69) is 4.74 Å². The molecule has 7 heteroatoms. The van der Waals surface area contributed by atoms with Crippen molar-refractivity contribution in [1.82, 2.24) is 0 Å². The zero-order valence-electron chi connectivity index (χ0n) is 8.17. The first kappa shape index (κ1) is 12.0. The van der Waals surface area contributed by atoms with E-state index in [1.54, 1.807) is 0 Å². The fourth-order valence-electron chi connectivity index (χ4n) is 1.69. The molecule has 1 aliphatic rings. The summed E-state index contributed by atoms with van der Waals surface area (Å²) in [5, 5.41) is 8.78. The first-order chi connectivity index (χ1) is 6.85. The smallest absolute Gasteiger partial charge is 0.307 e. The number of sulfone groups is 1. The molecule has 6 nitrogen and oxygen atoms in total. The Kier molecular flexibility index (Phi) is 3.33. The van der Waals surface area contributed by atoms with Crippen LogP contribution in [0.25, 0.3) is 0 Å². The Morgan fingerprint density at radius 1 is 1.40 bits per heavy atom. The van der Waals surface area contributed by atoms with E-state index in [4.69, 9.17) is 5.11 Å². The van der Waals surface area contributed by atoms with Crippen molar-refractivity contribution in [2.24, 2.45) is 11.8 Å². The molecule has 0 aromatic carbocycles. The Morgan fingerprint density at radius 2 is 2.00 bits per heavy atom. The summed E-state index contributed by atoms with van der Waals surface area (Å²) in [5.74, 6) is -4.05. The summed E-state index contributed by atoms with van der Waals surface area (Å²) in [7, 11) is -2.15. The van der Waals surface area contributed by atoms with E-state index in [1.807, 2.05) is 0 Å². The van der Waals surface area contributed by atoms with Crippen molar-refractivity contribution >= 4 is 21.8 Å². The number of carboxylic acids is 1. The van der Waals surface area contributed by atoms with E-state index < -0.39 is 33.6 Å². The van der Waals surface area contributed by atoms with E-state index in [0.29, 0.717) is 0 Å². The van der Waals surface area contributed by atoms with Crippen molar-refractivity contribution in [3.63, 3.8) is 0 Å². The number of hydrogen-bond donors (Lipinski definition) is 1. The lowest BCUT2D eigenvalue weighted by atomic mass is 9.93. The summed E-state index contributed by atoms with van der Waals surface area (Å²) >= 11 is 0. The lowest BCUT2D eigenvalue weighted by Crippen LogP contribution is -2.24.